The SMILES string of the molecule is COC1CCC2(C)C(CCC3C2CCC2(C)C(C(=O)CO)CCC32)C1. The first-order chi connectivity index (χ1) is 11.9. The molecule has 25 heavy (non-hydrogen) atoms. The second-order valence-corrected chi connectivity index (χ2v) is 10.1. The lowest BCUT2D eigenvalue weighted by atomic mass is 9.44. The molecule has 3 heteroatoms. The topological polar surface area (TPSA) is 46.5 Å². The zero-order valence-electron chi connectivity index (χ0n) is 16.3. The van der Waals surface area contributed by atoms with Crippen molar-refractivity contribution in [3.63, 3.8) is 0 Å². The number of methoxy groups -OCH3 is 1. The van der Waals surface area contributed by atoms with E-state index in [2.05, 4.69) is 13.8 Å². The minimum atomic E-state index is -0.265. The van der Waals surface area contributed by atoms with E-state index in [1.54, 1.807) is 0 Å². The summed E-state index contributed by atoms with van der Waals surface area (Å²) in [6, 6.07) is 0. The number of carbonyl (C=O) groups is 1. The Kier molecular flexibility index (Phi) is 4.56. The van der Waals surface area contributed by atoms with E-state index in [0.717, 1.165) is 24.2 Å². The normalized spacial score (nSPS) is 52.2. The highest BCUT2D eigenvalue weighted by molar-refractivity contribution is 5.83. The highest BCUT2D eigenvalue weighted by atomic mass is 16.5. The van der Waals surface area contributed by atoms with Crippen molar-refractivity contribution >= 4 is 5.78 Å². The van der Waals surface area contributed by atoms with Crippen molar-refractivity contribution < 1.29 is 14.6 Å². The Hall–Kier alpha value is -0.410. The molecule has 8 unspecified atom stereocenters. The summed E-state index contributed by atoms with van der Waals surface area (Å²) < 4.78 is 5.70. The van der Waals surface area contributed by atoms with Gasteiger partial charge < -0.3 is 9.84 Å². The molecule has 4 aliphatic rings. The lowest BCUT2D eigenvalue weighted by Crippen LogP contribution is -2.54. The fraction of sp³-hybridized carbons (Fsp3) is 0.955. The summed E-state index contributed by atoms with van der Waals surface area (Å²) in [6.45, 7) is 4.68. The van der Waals surface area contributed by atoms with Crippen molar-refractivity contribution in [2.45, 2.75) is 77.7 Å². The molecule has 0 aliphatic heterocycles. The van der Waals surface area contributed by atoms with E-state index in [1.165, 1.54) is 51.4 Å². The van der Waals surface area contributed by atoms with Gasteiger partial charge in [-0.3, -0.25) is 4.79 Å². The molecule has 4 fully saturated rings. The van der Waals surface area contributed by atoms with Gasteiger partial charge in [-0.15, -0.1) is 0 Å². The summed E-state index contributed by atoms with van der Waals surface area (Å²) in [5.41, 5.74) is 0.631. The van der Waals surface area contributed by atoms with Crippen LogP contribution in [0.15, 0.2) is 0 Å². The molecule has 4 saturated carbocycles. The van der Waals surface area contributed by atoms with Gasteiger partial charge >= 0.3 is 0 Å². The number of rotatable bonds is 3. The van der Waals surface area contributed by atoms with Crippen molar-refractivity contribution in [2.24, 2.45) is 40.4 Å². The van der Waals surface area contributed by atoms with Gasteiger partial charge in [-0.2, -0.15) is 0 Å². The zero-order chi connectivity index (χ0) is 17.8. The molecule has 8 atom stereocenters. The molecule has 0 aromatic heterocycles. The molecule has 4 aliphatic carbocycles. The monoisotopic (exact) mass is 348 g/mol. The lowest BCUT2D eigenvalue weighted by Gasteiger charge is -2.61. The van der Waals surface area contributed by atoms with Gasteiger partial charge in [-0.1, -0.05) is 13.8 Å². The van der Waals surface area contributed by atoms with Crippen LogP contribution >= 0.6 is 0 Å². The van der Waals surface area contributed by atoms with Crippen LogP contribution in [0.2, 0.25) is 0 Å². The summed E-state index contributed by atoms with van der Waals surface area (Å²) in [5, 5.41) is 9.41. The number of fused-ring (bicyclic) bond motifs is 5. The van der Waals surface area contributed by atoms with Crippen LogP contribution < -0.4 is 0 Å². The molecule has 0 aromatic carbocycles. The number of hydrogen-bond donors (Lipinski definition) is 1. The number of aliphatic hydroxyl groups excluding tert-OH is 1. The number of carbonyl (C=O) groups excluding carboxylic acids is 1. The van der Waals surface area contributed by atoms with Crippen LogP contribution in [0.4, 0.5) is 0 Å². The van der Waals surface area contributed by atoms with Gasteiger partial charge in [0.15, 0.2) is 5.78 Å². The van der Waals surface area contributed by atoms with Crippen LogP contribution in [0.5, 0.6) is 0 Å². The van der Waals surface area contributed by atoms with Crippen molar-refractivity contribution in [1.82, 2.24) is 0 Å². The summed E-state index contributed by atoms with van der Waals surface area (Å²) in [6.07, 6.45) is 11.7. The second kappa shape index (κ2) is 6.34. The van der Waals surface area contributed by atoms with Gasteiger partial charge in [0.05, 0.1) is 6.10 Å². The van der Waals surface area contributed by atoms with Crippen LogP contribution in [-0.2, 0) is 9.53 Å². The number of aliphatic hydroxyl groups is 1. The van der Waals surface area contributed by atoms with Gasteiger partial charge in [-0.25, -0.2) is 0 Å². The maximum Gasteiger partial charge on any atom is 0.161 e. The predicted molar refractivity (Wildman–Crippen MR) is 98.1 cm³/mol. The van der Waals surface area contributed by atoms with E-state index in [0.29, 0.717) is 17.4 Å². The van der Waals surface area contributed by atoms with Crippen molar-refractivity contribution in [3.8, 4) is 0 Å². The van der Waals surface area contributed by atoms with E-state index in [1.807, 2.05) is 7.11 Å². The Balaban J connectivity index is 1.57. The highest BCUT2D eigenvalue weighted by Crippen LogP contribution is 2.67. The molecule has 0 radical (unpaired) electrons. The first-order valence-corrected chi connectivity index (χ1v) is 10.6. The Bertz CT molecular complexity index is 531. The number of ether oxygens (including phenoxy) is 1. The van der Waals surface area contributed by atoms with Gasteiger partial charge in [-0.05, 0) is 92.3 Å². The minimum absolute atomic E-state index is 0.101. The molecular weight excluding hydrogens is 312 g/mol. The second-order valence-electron chi connectivity index (χ2n) is 10.1. The molecule has 0 saturated heterocycles. The number of Topliss-reactive ketones (excluding diaryl/α,β-unsaturated/α-hetero) is 1. The van der Waals surface area contributed by atoms with E-state index < -0.39 is 0 Å². The third kappa shape index (κ3) is 2.56. The van der Waals surface area contributed by atoms with Gasteiger partial charge in [0.25, 0.3) is 0 Å². The van der Waals surface area contributed by atoms with E-state index in [9.17, 15) is 9.90 Å². The van der Waals surface area contributed by atoms with Crippen LogP contribution in [0.3, 0.4) is 0 Å². The van der Waals surface area contributed by atoms with Gasteiger partial charge in [0.1, 0.15) is 6.61 Å². The summed E-state index contributed by atoms with van der Waals surface area (Å²) in [4.78, 5) is 12.3. The summed E-state index contributed by atoms with van der Waals surface area (Å²) >= 11 is 0. The van der Waals surface area contributed by atoms with E-state index in [-0.39, 0.29) is 23.7 Å². The Morgan fingerprint density at radius 3 is 2.44 bits per heavy atom. The van der Waals surface area contributed by atoms with Crippen molar-refractivity contribution in [3.05, 3.63) is 0 Å². The third-order valence-corrected chi connectivity index (χ3v) is 9.50. The molecule has 0 spiro atoms. The van der Waals surface area contributed by atoms with Crippen LogP contribution in [0, 0.1) is 40.4 Å². The van der Waals surface area contributed by atoms with Crippen LogP contribution in [-0.4, -0.2) is 30.7 Å². The molecule has 4 rings (SSSR count). The highest BCUT2D eigenvalue weighted by Gasteiger charge is 2.61. The average Bonchev–Trinajstić information content (AvgIpc) is 2.97. The van der Waals surface area contributed by atoms with Gasteiger partial charge in [0.2, 0.25) is 0 Å². The molecule has 3 nitrogen and oxygen atoms in total. The zero-order valence-corrected chi connectivity index (χ0v) is 16.3. The fourth-order valence-corrected chi connectivity index (χ4v) is 8.07. The largest absolute Gasteiger partial charge is 0.389 e. The minimum Gasteiger partial charge on any atom is -0.389 e. The smallest absolute Gasteiger partial charge is 0.161 e. The quantitative estimate of drug-likeness (QED) is 0.830. The predicted octanol–water partition coefficient (Wildman–Crippen LogP) is 4.22. The fourth-order valence-electron chi connectivity index (χ4n) is 8.07. The number of ketones is 1. The number of hydrogen-bond acceptors (Lipinski definition) is 3. The molecular formula is C22H36O3. The van der Waals surface area contributed by atoms with Crippen molar-refractivity contribution in [2.75, 3.05) is 13.7 Å². The molecule has 0 amide bonds. The summed E-state index contributed by atoms with van der Waals surface area (Å²) in [5.74, 6) is 3.38. The van der Waals surface area contributed by atoms with Crippen LogP contribution in [0.1, 0.15) is 71.6 Å². The average molecular weight is 349 g/mol. The maximum atomic E-state index is 12.3. The molecule has 1 N–H and O–H groups in total. The first kappa shape index (κ1) is 18.0. The van der Waals surface area contributed by atoms with E-state index >= 15 is 0 Å². The Labute approximate surface area is 152 Å². The lowest BCUT2D eigenvalue weighted by molar-refractivity contribution is -0.142. The standard InChI is InChI=1S/C22H36O3/c1-21-10-8-15(25-3)12-14(21)4-5-16-17-6-7-19(20(24)13-23)22(17,2)11-9-18(16)21/h14-19,23H,4-13H2,1-3H3. The Morgan fingerprint density at radius 2 is 1.72 bits per heavy atom. The van der Waals surface area contributed by atoms with E-state index in [4.69, 9.17) is 4.74 Å². The molecule has 142 valence electrons. The summed E-state index contributed by atoms with van der Waals surface area (Å²) in [7, 11) is 1.88. The Morgan fingerprint density at radius 1 is 1.00 bits per heavy atom. The van der Waals surface area contributed by atoms with Crippen molar-refractivity contribution in [1.29, 1.82) is 0 Å². The maximum absolute atomic E-state index is 12.3. The first-order valence-electron chi connectivity index (χ1n) is 10.6. The molecule has 0 heterocycles. The molecule has 0 aromatic rings. The van der Waals surface area contributed by atoms with Gasteiger partial charge in [0, 0.05) is 13.0 Å². The molecule has 0 bridgehead atoms. The van der Waals surface area contributed by atoms with Crippen LogP contribution in [0.25, 0.3) is 0 Å². The third-order valence-electron chi connectivity index (χ3n) is 9.50.